The average molecular weight is 167 g/mol. The van der Waals surface area contributed by atoms with E-state index in [0.29, 0.717) is 0 Å². The van der Waals surface area contributed by atoms with Gasteiger partial charge in [-0.05, 0) is 37.7 Å². The quantitative estimate of drug-likeness (QED) is 0.737. The molecule has 0 spiro atoms. The molecule has 0 saturated carbocycles. The molecule has 1 aromatic carbocycles. The summed E-state index contributed by atoms with van der Waals surface area (Å²) in [6.45, 7) is 1.02. The van der Waals surface area contributed by atoms with E-state index in [9.17, 15) is 0 Å². The summed E-state index contributed by atoms with van der Waals surface area (Å²) in [4.78, 5) is 0. The molecule has 0 saturated heterocycles. The van der Waals surface area contributed by atoms with Crippen LogP contribution in [0, 0.1) is 0 Å². The van der Waals surface area contributed by atoms with Gasteiger partial charge < -0.3 is 10.1 Å². The lowest BCUT2D eigenvalue weighted by molar-refractivity contribution is 0.414. The third-order valence-electron chi connectivity index (χ3n) is 1.82. The van der Waals surface area contributed by atoms with Crippen LogP contribution < -0.4 is 10.1 Å². The van der Waals surface area contributed by atoms with Gasteiger partial charge in [-0.2, -0.15) is 0 Å². The van der Waals surface area contributed by atoms with Crippen LogP contribution >= 0.6 is 0 Å². The molecule has 1 N–H and O–H groups in total. The lowest BCUT2D eigenvalue weighted by atomic mass is 10.1. The Labute approximate surface area is 75.0 Å². The number of methoxy groups -OCH3 is 1. The minimum absolute atomic E-state index is 0. The summed E-state index contributed by atoms with van der Waals surface area (Å²) in [5.41, 5.74) is 1.34. The van der Waals surface area contributed by atoms with Crippen molar-refractivity contribution in [3.8, 4) is 5.75 Å². The molecule has 0 bridgehead atoms. The van der Waals surface area contributed by atoms with Crippen molar-refractivity contribution in [2.24, 2.45) is 0 Å². The molecule has 0 heterocycles. The van der Waals surface area contributed by atoms with E-state index in [2.05, 4.69) is 17.4 Å². The van der Waals surface area contributed by atoms with Gasteiger partial charge in [0, 0.05) is 1.43 Å². The van der Waals surface area contributed by atoms with Crippen molar-refractivity contribution in [3.05, 3.63) is 29.8 Å². The van der Waals surface area contributed by atoms with E-state index < -0.39 is 0 Å². The second kappa shape index (κ2) is 4.78. The summed E-state index contributed by atoms with van der Waals surface area (Å²) in [6, 6.07) is 8.17. The van der Waals surface area contributed by atoms with Gasteiger partial charge in [0.2, 0.25) is 0 Å². The highest BCUT2D eigenvalue weighted by molar-refractivity contribution is 5.27. The van der Waals surface area contributed by atoms with Crippen molar-refractivity contribution < 1.29 is 6.16 Å². The van der Waals surface area contributed by atoms with E-state index >= 15 is 0 Å². The number of benzene rings is 1. The van der Waals surface area contributed by atoms with Crippen molar-refractivity contribution >= 4 is 0 Å². The molecular formula is C10H17NO. The van der Waals surface area contributed by atoms with Gasteiger partial charge >= 0.3 is 0 Å². The number of rotatable bonds is 4. The maximum atomic E-state index is 5.06. The maximum absolute atomic E-state index is 5.06. The highest BCUT2D eigenvalue weighted by Crippen LogP contribution is 2.11. The van der Waals surface area contributed by atoms with E-state index in [0.717, 1.165) is 18.7 Å². The summed E-state index contributed by atoms with van der Waals surface area (Å²) in [5, 5.41) is 3.11. The third-order valence-corrected chi connectivity index (χ3v) is 1.82. The molecular weight excluding hydrogens is 150 g/mol. The normalized spacial score (nSPS) is 9.83. The minimum Gasteiger partial charge on any atom is -0.497 e. The second-order valence-electron chi connectivity index (χ2n) is 2.70. The molecule has 12 heavy (non-hydrogen) atoms. The van der Waals surface area contributed by atoms with Gasteiger partial charge in [-0.1, -0.05) is 12.1 Å². The Bertz CT molecular complexity index is 223. The van der Waals surface area contributed by atoms with Crippen LogP contribution in [-0.2, 0) is 6.42 Å². The van der Waals surface area contributed by atoms with Gasteiger partial charge in [0.1, 0.15) is 5.75 Å². The van der Waals surface area contributed by atoms with Gasteiger partial charge in [0.15, 0.2) is 0 Å². The molecule has 0 unspecified atom stereocenters. The molecule has 0 radical (unpaired) electrons. The third kappa shape index (κ3) is 2.55. The fraction of sp³-hybridized carbons (Fsp3) is 0.400. The lowest BCUT2D eigenvalue weighted by Gasteiger charge is -2.02. The lowest BCUT2D eigenvalue weighted by Crippen LogP contribution is -2.10. The van der Waals surface area contributed by atoms with Crippen LogP contribution in [0.4, 0.5) is 0 Å². The van der Waals surface area contributed by atoms with E-state index in [-0.39, 0.29) is 1.43 Å². The van der Waals surface area contributed by atoms with Crippen molar-refractivity contribution in [1.29, 1.82) is 0 Å². The van der Waals surface area contributed by atoms with Crippen molar-refractivity contribution in [1.82, 2.24) is 5.32 Å². The standard InChI is InChI=1S/C10H15NO.H2/c1-11-8-7-9-3-5-10(12-2)6-4-9;/h3-6,11H,7-8H2,1-2H3;1H. The highest BCUT2D eigenvalue weighted by Gasteiger charge is 1.92. The Morgan fingerprint density at radius 2 is 2.00 bits per heavy atom. The Kier molecular flexibility index (Phi) is 3.61. The first-order valence-electron chi connectivity index (χ1n) is 4.14. The van der Waals surface area contributed by atoms with E-state index in [1.165, 1.54) is 5.56 Å². The summed E-state index contributed by atoms with van der Waals surface area (Å²) in [5.74, 6) is 0.920. The van der Waals surface area contributed by atoms with Gasteiger partial charge in [-0.25, -0.2) is 0 Å². The first kappa shape index (κ1) is 9.07. The van der Waals surface area contributed by atoms with Crippen LogP contribution in [0.5, 0.6) is 5.75 Å². The van der Waals surface area contributed by atoms with Crippen LogP contribution in [0.3, 0.4) is 0 Å². The SMILES string of the molecule is CNCCc1ccc(OC)cc1.[HH]. The monoisotopic (exact) mass is 167 g/mol. The summed E-state index contributed by atoms with van der Waals surface area (Å²) >= 11 is 0. The van der Waals surface area contributed by atoms with Gasteiger partial charge in [-0.3, -0.25) is 0 Å². The first-order valence-corrected chi connectivity index (χ1v) is 4.14. The molecule has 2 nitrogen and oxygen atoms in total. The Balaban J connectivity index is 0.00000144. The molecule has 0 aliphatic rings. The van der Waals surface area contributed by atoms with Crippen LogP contribution in [0.1, 0.15) is 6.99 Å². The number of hydrogen-bond donors (Lipinski definition) is 1. The zero-order valence-electron chi connectivity index (χ0n) is 7.63. The van der Waals surface area contributed by atoms with Crippen molar-refractivity contribution in [2.75, 3.05) is 20.7 Å². The van der Waals surface area contributed by atoms with Gasteiger partial charge in [0.05, 0.1) is 7.11 Å². The van der Waals surface area contributed by atoms with Crippen LogP contribution in [0.2, 0.25) is 0 Å². The highest BCUT2D eigenvalue weighted by atomic mass is 16.5. The summed E-state index contributed by atoms with van der Waals surface area (Å²) in [6.07, 6.45) is 1.07. The van der Waals surface area contributed by atoms with Gasteiger partial charge in [0.25, 0.3) is 0 Å². The maximum Gasteiger partial charge on any atom is 0.118 e. The van der Waals surface area contributed by atoms with Gasteiger partial charge in [-0.15, -0.1) is 0 Å². The number of ether oxygens (including phenoxy) is 1. The summed E-state index contributed by atoms with van der Waals surface area (Å²) in [7, 11) is 3.64. The van der Waals surface area contributed by atoms with E-state index in [1.54, 1.807) is 7.11 Å². The van der Waals surface area contributed by atoms with Crippen molar-refractivity contribution in [3.63, 3.8) is 0 Å². The zero-order valence-corrected chi connectivity index (χ0v) is 7.63. The minimum atomic E-state index is 0. The molecule has 2 heteroatoms. The van der Waals surface area contributed by atoms with Crippen LogP contribution in [-0.4, -0.2) is 20.7 Å². The number of likely N-dealkylation sites (N-methyl/N-ethyl adjacent to an activating group) is 1. The molecule has 0 amide bonds. The van der Waals surface area contributed by atoms with E-state index in [4.69, 9.17) is 4.74 Å². The fourth-order valence-corrected chi connectivity index (χ4v) is 1.06. The number of hydrogen-bond acceptors (Lipinski definition) is 2. The smallest absolute Gasteiger partial charge is 0.118 e. The number of nitrogens with one attached hydrogen (secondary N) is 1. The molecule has 0 aliphatic heterocycles. The Morgan fingerprint density at radius 3 is 2.50 bits per heavy atom. The summed E-state index contributed by atoms with van der Waals surface area (Å²) < 4.78 is 5.06. The predicted molar refractivity (Wildman–Crippen MR) is 52.7 cm³/mol. The Morgan fingerprint density at radius 1 is 1.33 bits per heavy atom. The molecule has 1 rings (SSSR count). The molecule has 0 aromatic heterocycles. The van der Waals surface area contributed by atoms with Crippen molar-refractivity contribution in [2.45, 2.75) is 6.42 Å². The first-order chi connectivity index (χ1) is 5.86. The molecule has 0 atom stereocenters. The van der Waals surface area contributed by atoms with E-state index in [1.807, 2.05) is 19.2 Å². The average Bonchev–Trinajstić information content (AvgIpc) is 2.15. The topological polar surface area (TPSA) is 21.3 Å². The predicted octanol–water partition coefficient (Wildman–Crippen LogP) is 1.70. The zero-order chi connectivity index (χ0) is 8.81. The second-order valence-corrected chi connectivity index (χ2v) is 2.70. The van der Waals surface area contributed by atoms with Crippen LogP contribution in [0.25, 0.3) is 0 Å². The van der Waals surface area contributed by atoms with Crippen LogP contribution in [0.15, 0.2) is 24.3 Å². The molecule has 0 aliphatic carbocycles. The largest absolute Gasteiger partial charge is 0.497 e. The molecule has 0 fully saturated rings. The fourth-order valence-electron chi connectivity index (χ4n) is 1.06. The Hall–Kier alpha value is -1.02. The molecule has 1 aromatic rings. The molecule has 68 valence electrons.